The van der Waals surface area contributed by atoms with Crippen LogP contribution in [0, 0.1) is 0 Å². The van der Waals surface area contributed by atoms with Gasteiger partial charge in [-0.15, -0.1) is 0 Å². The quantitative estimate of drug-likeness (QED) is 0.912. The van der Waals surface area contributed by atoms with Crippen molar-refractivity contribution in [2.45, 2.75) is 29.8 Å². The van der Waals surface area contributed by atoms with Crippen LogP contribution in [0.15, 0.2) is 35.1 Å². The van der Waals surface area contributed by atoms with Crippen LogP contribution < -0.4 is 5.56 Å². The monoisotopic (exact) mass is 270 g/mol. The maximum Gasteiger partial charge on any atom is 0.255 e. The normalized spacial score (nSPS) is 19.2. The Morgan fingerprint density at radius 1 is 1.16 bits per heavy atom. The van der Waals surface area contributed by atoms with Gasteiger partial charge in [0.25, 0.3) is 5.56 Å². The Morgan fingerprint density at radius 3 is 2.68 bits per heavy atom. The minimum atomic E-state index is -0.0390. The van der Waals surface area contributed by atoms with E-state index in [0.29, 0.717) is 0 Å². The molecule has 0 spiro atoms. The number of nitrogens with zero attached hydrogens (tertiary/aromatic N) is 1. The highest BCUT2D eigenvalue weighted by atomic mass is 32.2. The van der Waals surface area contributed by atoms with Crippen molar-refractivity contribution in [3.63, 3.8) is 0 Å². The van der Waals surface area contributed by atoms with E-state index in [9.17, 15) is 4.79 Å². The Kier molecular flexibility index (Phi) is 2.36. The van der Waals surface area contributed by atoms with Crippen LogP contribution in [0.2, 0.25) is 0 Å². The molecule has 1 N–H and O–H groups in total. The molecule has 4 rings (SSSR count). The summed E-state index contributed by atoms with van der Waals surface area (Å²) < 4.78 is 0. The van der Waals surface area contributed by atoms with Crippen molar-refractivity contribution in [3.8, 4) is 0 Å². The maximum absolute atomic E-state index is 12.1. The van der Waals surface area contributed by atoms with Crippen molar-refractivity contribution >= 4 is 11.8 Å². The van der Waals surface area contributed by atoms with E-state index in [4.69, 9.17) is 4.98 Å². The molecule has 3 nitrogen and oxygen atoms in total. The van der Waals surface area contributed by atoms with E-state index >= 15 is 0 Å². The SMILES string of the molecule is O=c1[nH]c(C2(c3ccccc3)CC2)nc2c1CSC2. The Bertz CT molecular complexity index is 689. The van der Waals surface area contributed by atoms with Gasteiger partial charge in [-0.25, -0.2) is 4.98 Å². The number of rotatable bonds is 2. The Hall–Kier alpha value is -1.55. The molecule has 2 aromatic rings. The second kappa shape index (κ2) is 3.97. The van der Waals surface area contributed by atoms with Crippen LogP contribution >= 0.6 is 11.8 Å². The highest BCUT2D eigenvalue weighted by molar-refractivity contribution is 7.98. The molecule has 0 saturated heterocycles. The average Bonchev–Trinajstić information content (AvgIpc) is 3.12. The molecule has 1 aliphatic carbocycles. The average molecular weight is 270 g/mol. The van der Waals surface area contributed by atoms with Crippen LogP contribution in [0.3, 0.4) is 0 Å². The summed E-state index contributed by atoms with van der Waals surface area (Å²) in [6.07, 6.45) is 2.15. The van der Waals surface area contributed by atoms with Gasteiger partial charge < -0.3 is 4.98 Å². The highest BCUT2D eigenvalue weighted by Crippen LogP contribution is 2.52. The standard InChI is InChI=1S/C15H14N2OS/c18-13-11-8-19-9-12(11)16-14(17-13)15(6-7-15)10-4-2-1-3-5-10/h1-5H,6-9H2,(H,16,17,18). The molecule has 0 unspecified atom stereocenters. The topological polar surface area (TPSA) is 45.8 Å². The van der Waals surface area contributed by atoms with Gasteiger partial charge in [-0.3, -0.25) is 4.79 Å². The van der Waals surface area contributed by atoms with Crippen molar-refractivity contribution < 1.29 is 0 Å². The molecule has 2 heterocycles. The fraction of sp³-hybridized carbons (Fsp3) is 0.333. The first-order valence-corrected chi connectivity index (χ1v) is 7.71. The second-order valence-electron chi connectivity index (χ2n) is 5.28. The third-order valence-electron chi connectivity index (χ3n) is 4.12. The van der Waals surface area contributed by atoms with Gasteiger partial charge in [-0.2, -0.15) is 11.8 Å². The summed E-state index contributed by atoms with van der Waals surface area (Å²) in [5, 5.41) is 0. The van der Waals surface area contributed by atoms with Crippen LogP contribution in [-0.4, -0.2) is 9.97 Å². The lowest BCUT2D eigenvalue weighted by Crippen LogP contribution is -2.23. The molecule has 0 bridgehead atoms. The smallest absolute Gasteiger partial charge is 0.255 e. The van der Waals surface area contributed by atoms with Crippen LogP contribution in [0.1, 0.15) is 35.5 Å². The Balaban J connectivity index is 1.86. The molecule has 1 aromatic carbocycles. The predicted octanol–water partition coefficient (Wildman–Crippen LogP) is 2.60. The van der Waals surface area contributed by atoms with Crippen LogP contribution in [-0.2, 0) is 16.9 Å². The number of nitrogens with one attached hydrogen (secondary N) is 1. The number of fused-ring (bicyclic) bond motifs is 1. The molecule has 96 valence electrons. The Morgan fingerprint density at radius 2 is 1.95 bits per heavy atom. The van der Waals surface area contributed by atoms with Crippen molar-refractivity contribution in [2.75, 3.05) is 0 Å². The summed E-state index contributed by atoms with van der Waals surface area (Å²) in [4.78, 5) is 19.9. The van der Waals surface area contributed by atoms with Gasteiger partial charge in [-0.05, 0) is 18.4 Å². The van der Waals surface area contributed by atoms with E-state index in [2.05, 4.69) is 29.2 Å². The highest BCUT2D eigenvalue weighted by Gasteiger charge is 2.48. The van der Waals surface area contributed by atoms with E-state index in [1.54, 1.807) is 11.8 Å². The zero-order valence-corrected chi connectivity index (χ0v) is 11.3. The number of aromatic amines is 1. The molecule has 2 aliphatic rings. The van der Waals surface area contributed by atoms with E-state index < -0.39 is 0 Å². The van der Waals surface area contributed by atoms with Crippen molar-refractivity contribution in [2.24, 2.45) is 0 Å². The third kappa shape index (κ3) is 1.66. The first kappa shape index (κ1) is 11.3. The molecule has 19 heavy (non-hydrogen) atoms. The molecule has 0 radical (unpaired) electrons. The van der Waals surface area contributed by atoms with Crippen molar-refractivity contribution in [3.05, 3.63) is 63.3 Å². The zero-order valence-electron chi connectivity index (χ0n) is 10.5. The van der Waals surface area contributed by atoms with Crippen molar-refractivity contribution in [1.29, 1.82) is 0 Å². The number of hydrogen-bond acceptors (Lipinski definition) is 3. The molecule has 1 fully saturated rings. The summed E-state index contributed by atoms with van der Waals surface area (Å²) in [5.74, 6) is 2.54. The molecule has 1 aliphatic heterocycles. The van der Waals surface area contributed by atoms with Gasteiger partial charge in [0.1, 0.15) is 5.82 Å². The molecule has 0 atom stereocenters. The van der Waals surface area contributed by atoms with Gasteiger partial charge in [0.2, 0.25) is 0 Å². The molecule has 0 amide bonds. The largest absolute Gasteiger partial charge is 0.310 e. The van der Waals surface area contributed by atoms with E-state index in [0.717, 1.165) is 41.4 Å². The number of thioether (sulfide) groups is 1. The lowest BCUT2D eigenvalue weighted by Gasteiger charge is -2.15. The number of H-pyrrole nitrogens is 1. The Labute approximate surface area is 115 Å². The van der Waals surface area contributed by atoms with Crippen LogP contribution in [0.5, 0.6) is 0 Å². The second-order valence-corrected chi connectivity index (χ2v) is 6.27. The predicted molar refractivity (Wildman–Crippen MR) is 76.3 cm³/mol. The van der Waals surface area contributed by atoms with Gasteiger partial charge in [-0.1, -0.05) is 30.3 Å². The van der Waals surface area contributed by atoms with E-state index in [1.807, 2.05) is 6.07 Å². The van der Waals surface area contributed by atoms with Crippen LogP contribution in [0.25, 0.3) is 0 Å². The summed E-state index contributed by atoms with van der Waals surface area (Å²) >= 11 is 1.77. The summed E-state index contributed by atoms with van der Waals surface area (Å²) in [7, 11) is 0. The third-order valence-corrected chi connectivity index (χ3v) is 5.09. The van der Waals surface area contributed by atoms with Crippen molar-refractivity contribution in [1.82, 2.24) is 9.97 Å². The lowest BCUT2D eigenvalue weighted by molar-refractivity contribution is 0.735. The van der Waals surface area contributed by atoms with Gasteiger partial charge >= 0.3 is 0 Å². The molecule has 4 heteroatoms. The van der Waals surface area contributed by atoms with Gasteiger partial charge in [0.15, 0.2) is 0 Å². The summed E-state index contributed by atoms with van der Waals surface area (Å²) in [6.45, 7) is 0. The summed E-state index contributed by atoms with van der Waals surface area (Å²) in [5.41, 5.74) is 3.16. The van der Waals surface area contributed by atoms with E-state index in [1.165, 1.54) is 5.56 Å². The van der Waals surface area contributed by atoms with Crippen LogP contribution in [0.4, 0.5) is 0 Å². The first-order chi connectivity index (χ1) is 9.29. The lowest BCUT2D eigenvalue weighted by atomic mass is 9.95. The number of aromatic nitrogens is 2. The van der Waals surface area contributed by atoms with Gasteiger partial charge in [0, 0.05) is 17.1 Å². The van der Waals surface area contributed by atoms with Gasteiger partial charge in [0.05, 0.1) is 11.1 Å². The number of benzene rings is 1. The molecular weight excluding hydrogens is 256 g/mol. The van der Waals surface area contributed by atoms with E-state index in [-0.39, 0.29) is 11.0 Å². The molecular formula is C15H14N2OS. The minimum absolute atomic E-state index is 0.0390. The first-order valence-electron chi connectivity index (χ1n) is 6.55. The molecule has 1 aromatic heterocycles. The minimum Gasteiger partial charge on any atom is -0.310 e. The fourth-order valence-corrected chi connectivity index (χ4v) is 3.87. The molecule has 1 saturated carbocycles. The number of hydrogen-bond donors (Lipinski definition) is 1. The maximum atomic E-state index is 12.1. The summed E-state index contributed by atoms with van der Waals surface area (Å²) in [6, 6.07) is 10.4. The zero-order chi connectivity index (χ0) is 12.9. The fourth-order valence-electron chi connectivity index (χ4n) is 2.83.